The number of rotatable bonds is 34. The number of carbonyl (C=O) groups excluding carboxylic acids is 7. The van der Waals surface area contributed by atoms with Crippen LogP contribution in [0.1, 0.15) is 232 Å². The minimum Gasteiger partial charge on any atom is -0.370 e. The Kier molecular flexibility index (Phi) is 27.1. The third-order valence-electron chi connectivity index (χ3n) is 13.8. The first-order valence-electron chi connectivity index (χ1n) is 29.7. The fraction of sp³-hybridized carbons (Fsp3) is 0.482. The number of primary amides is 1. The van der Waals surface area contributed by atoms with Crippen LogP contribution in [0.15, 0.2) is 0 Å². The van der Waals surface area contributed by atoms with Gasteiger partial charge >= 0.3 is 0 Å². The van der Waals surface area contributed by atoms with Crippen LogP contribution in [0, 0.1) is 49.3 Å². The summed E-state index contributed by atoms with van der Waals surface area (Å²) >= 11 is 6.67. The second-order valence-corrected chi connectivity index (χ2v) is 28.7. The highest BCUT2D eigenvalue weighted by atomic mass is 32.1. The third-order valence-corrected chi connectivity index (χ3v) is 20.0. The lowest BCUT2D eigenvalue weighted by molar-refractivity contribution is -0.119. The number of hydrogen-bond acceptors (Lipinski definition) is 23. The maximum Gasteiger partial charge on any atom is 0.263 e. The molecule has 0 aliphatic rings. The average Bonchev–Trinajstić information content (AvgIpc) is 1.67. The van der Waals surface area contributed by atoms with E-state index in [0.29, 0.717) is 106 Å². The Morgan fingerprint density at radius 3 is 0.968 bits per heavy atom. The van der Waals surface area contributed by atoms with Gasteiger partial charge in [0.1, 0.15) is 29.3 Å². The monoisotopic (exact) mass is 1410 g/mol. The predicted octanol–water partition coefficient (Wildman–Crippen LogP) is 3.73. The third kappa shape index (κ3) is 21.1. The highest BCUT2D eigenvalue weighted by Gasteiger charge is 2.34. The van der Waals surface area contributed by atoms with Crippen LogP contribution in [0.5, 0.6) is 0 Å². The molecule has 0 aromatic carbocycles. The standard InChI is InChI=1S/C56H81N25O7S6/c1-22(35-41(47(57)83)89-27(6)75-35)70-48(84)43-37(80-33(93-43)16-12-20-68-55(62)63)25(4)73-51(87)46-40(78-30(9)92-46)32(15-11-19-67-54(60)61)79-52(88)42-36(76-28(7)90-42)23(2)71-49(85)44-38(81-34(94-44)17-13-21-69-56(64)65)24(3)72-50(86)45-39(77-29(8)91-45)31(74-26(5)82)14-10-18-66-53(58)59/h22-25,31-32H,10-21H2,1-9H3,(H2,57,83)(H,70,84)(H,71,85)(H,72,86)(H,73,87)(H,74,82)(H,79,88)(H4,58,59,66)(H4,60,61,67)(H4,62,63,68)(H4,64,65,69)/t22-,23-,24-,25-,31-,32-/m0/s1. The van der Waals surface area contributed by atoms with E-state index in [1.807, 2.05) is 0 Å². The van der Waals surface area contributed by atoms with Gasteiger partial charge in [-0.1, -0.05) is 0 Å². The zero-order valence-electron chi connectivity index (χ0n) is 53.3. The molecule has 0 bridgehead atoms. The molecule has 0 saturated heterocycles. The molecule has 0 aliphatic heterocycles. The Labute approximate surface area is 566 Å². The topological polar surface area (TPSA) is 543 Å². The molecule has 0 radical (unpaired) electrons. The number of nitrogens with zero attached hydrogens (tertiary/aromatic N) is 6. The van der Waals surface area contributed by atoms with Crippen molar-refractivity contribution in [1.82, 2.24) is 83.1 Å². The smallest absolute Gasteiger partial charge is 0.263 e. The number of amides is 7. The van der Waals surface area contributed by atoms with Crippen LogP contribution in [0.25, 0.3) is 0 Å². The molecule has 6 atom stereocenters. The summed E-state index contributed by atoms with van der Waals surface area (Å²) < 4.78 is 0. The van der Waals surface area contributed by atoms with Crippen molar-refractivity contribution >= 4 is 133 Å². The van der Waals surface area contributed by atoms with Crippen LogP contribution in [-0.4, -0.2) is 121 Å². The van der Waals surface area contributed by atoms with Crippen molar-refractivity contribution in [1.29, 1.82) is 21.6 Å². The molecule has 38 heteroatoms. The van der Waals surface area contributed by atoms with Crippen molar-refractivity contribution in [2.45, 2.75) is 150 Å². The molecule has 6 heterocycles. The molecule has 0 fully saturated rings. The van der Waals surface area contributed by atoms with E-state index in [1.54, 1.807) is 55.4 Å². The molecule has 0 spiro atoms. The van der Waals surface area contributed by atoms with Crippen LogP contribution < -0.4 is 81.8 Å². The lowest BCUT2D eigenvalue weighted by atomic mass is 10.1. The quantitative estimate of drug-likeness (QED) is 0.0155. The summed E-state index contributed by atoms with van der Waals surface area (Å²) in [6, 6.07) is -4.95. The van der Waals surface area contributed by atoms with Gasteiger partial charge in [0.15, 0.2) is 23.8 Å². The highest BCUT2D eigenvalue weighted by Crippen LogP contribution is 2.34. The van der Waals surface area contributed by atoms with Gasteiger partial charge in [0.25, 0.3) is 35.4 Å². The lowest BCUT2D eigenvalue weighted by Crippen LogP contribution is -2.35. The van der Waals surface area contributed by atoms with Crippen LogP contribution >= 0.6 is 68.0 Å². The maximum absolute atomic E-state index is 14.9. The fourth-order valence-electron chi connectivity index (χ4n) is 9.71. The van der Waals surface area contributed by atoms with Crippen LogP contribution in [-0.2, 0) is 17.6 Å². The van der Waals surface area contributed by atoms with Crippen LogP contribution in [0.2, 0.25) is 0 Å². The molecule has 6 rings (SSSR count). The van der Waals surface area contributed by atoms with Gasteiger partial charge in [-0.25, -0.2) is 29.9 Å². The molecule has 508 valence electrons. The minimum atomic E-state index is -0.920. The lowest BCUT2D eigenvalue weighted by Gasteiger charge is -2.20. The van der Waals surface area contributed by atoms with Crippen LogP contribution in [0.4, 0.5) is 0 Å². The van der Waals surface area contributed by atoms with Crippen molar-refractivity contribution in [3.05, 3.63) is 93.5 Å². The van der Waals surface area contributed by atoms with Gasteiger partial charge in [0.2, 0.25) is 5.91 Å². The second-order valence-electron chi connectivity index (χ2n) is 21.7. The molecule has 0 aliphatic carbocycles. The summed E-state index contributed by atoms with van der Waals surface area (Å²) in [5, 5.41) is 62.6. The van der Waals surface area contributed by atoms with Crippen molar-refractivity contribution in [3.63, 3.8) is 0 Å². The van der Waals surface area contributed by atoms with Gasteiger partial charge < -0.3 is 81.8 Å². The highest BCUT2D eigenvalue weighted by molar-refractivity contribution is 7.15. The maximum atomic E-state index is 14.9. The van der Waals surface area contributed by atoms with E-state index in [2.05, 4.69) is 63.1 Å². The van der Waals surface area contributed by atoms with E-state index in [4.69, 9.17) is 70.2 Å². The van der Waals surface area contributed by atoms with Gasteiger partial charge in [-0.15, -0.1) is 68.0 Å². The van der Waals surface area contributed by atoms with E-state index in [1.165, 1.54) is 6.92 Å². The molecule has 6 aromatic heterocycles. The zero-order chi connectivity index (χ0) is 69.2. The molecule has 32 nitrogen and oxygen atoms in total. The molecule has 6 aromatic rings. The first-order valence-corrected chi connectivity index (χ1v) is 34.6. The van der Waals surface area contributed by atoms with E-state index in [-0.39, 0.29) is 94.7 Å². The number of aryl methyl sites for hydroxylation is 6. The second kappa shape index (κ2) is 34.3. The van der Waals surface area contributed by atoms with E-state index < -0.39 is 71.7 Å². The first-order chi connectivity index (χ1) is 44.4. The SMILES string of the molecule is CC(=O)N[C@@H](CCCNC(=N)N)c1nc(C)sc1C(=O)N[C@@H](C)c1nc(CCCNC(=N)N)sc1C(=O)N[C@@H](C)c1nc(C)sc1C(=O)N[C@@H](CCCNC(=N)N)c1nc(C)sc1C(=O)N[C@@H](C)c1nc(CCCNC(=N)N)sc1C(=O)N[C@@H](C)c1nc(C)sc1C(N)=O. The Hall–Kier alpha value is -8.85. The number of nitrogens with one attached hydrogen (secondary N) is 14. The van der Waals surface area contributed by atoms with Gasteiger partial charge in [-0.3, -0.25) is 55.2 Å². The molecule has 94 heavy (non-hydrogen) atoms. The number of thiazole rings is 6. The fourth-order valence-corrected chi connectivity index (χ4v) is 15.5. The Balaban J connectivity index is 1.26. The van der Waals surface area contributed by atoms with Crippen LogP contribution in [0.3, 0.4) is 0 Å². The average molecular weight is 1410 g/mol. The largest absolute Gasteiger partial charge is 0.370 e. The number of carbonyl (C=O) groups is 7. The van der Waals surface area contributed by atoms with E-state index in [0.717, 1.165) is 68.0 Å². The van der Waals surface area contributed by atoms with Crippen molar-refractivity contribution in [2.75, 3.05) is 26.2 Å². The summed E-state index contributed by atoms with van der Waals surface area (Å²) in [7, 11) is 0. The predicted molar refractivity (Wildman–Crippen MR) is 365 cm³/mol. The summed E-state index contributed by atoms with van der Waals surface area (Å²) in [5.74, 6) is -4.69. The molecule has 0 unspecified atom stereocenters. The molecular weight excluding hydrogens is 1330 g/mol. The van der Waals surface area contributed by atoms with Crippen molar-refractivity contribution in [3.8, 4) is 0 Å². The minimum absolute atomic E-state index is 0.156. The summed E-state index contributed by atoms with van der Waals surface area (Å²) in [4.78, 5) is 127. The molecule has 24 N–H and O–H groups in total. The van der Waals surface area contributed by atoms with Gasteiger partial charge in [-0.2, -0.15) is 0 Å². The van der Waals surface area contributed by atoms with Crippen molar-refractivity contribution in [2.24, 2.45) is 28.7 Å². The normalized spacial score (nSPS) is 13.0. The summed E-state index contributed by atoms with van der Waals surface area (Å²) in [6.07, 6.45) is 3.17. The summed E-state index contributed by atoms with van der Waals surface area (Å²) in [5.41, 5.74) is 29.4. The number of aromatic nitrogens is 6. The zero-order valence-corrected chi connectivity index (χ0v) is 58.2. The molecule has 0 saturated carbocycles. The Morgan fingerprint density at radius 1 is 0.372 bits per heavy atom. The van der Waals surface area contributed by atoms with Gasteiger partial charge in [-0.05, 0) is 93.9 Å². The van der Waals surface area contributed by atoms with Gasteiger partial charge in [0.05, 0.1) is 100 Å². The number of hydrogen-bond donors (Lipinski definition) is 19. The van der Waals surface area contributed by atoms with E-state index in [9.17, 15) is 33.6 Å². The Bertz CT molecular complexity index is 3770. The molecule has 7 amide bonds. The first kappa shape index (κ1) is 74.2. The van der Waals surface area contributed by atoms with Crippen molar-refractivity contribution < 1.29 is 33.6 Å². The van der Waals surface area contributed by atoms with Gasteiger partial charge in [0, 0.05) is 45.9 Å². The molecular formula is C56H81N25O7S6. The van der Waals surface area contributed by atoms with E-state index >= 15 is 0 Å². The summed E-state index contributed by atoms with van der Waals surface area (Å²) in [6.45, 7) is 16.3. The number of nitrogens with two attached hydrogens (primary N) is 5. The Morgan fingerprint density at radius 2 is 0.638 bits per heavy atom. The number of guanidine groups is 4.